The van der Waals surface area contributed by atoms with Crippen molar-refractivity contribution < 1.29 is 0 Å². The van der Waals surface area contributed by atoms with E-state index >= 15 is 0 Å². The highest BCUT2D eigenvalue weighted by Gasteiger charge is 2.01. The van der Waals surface area contributed by atoms with Crippen molar-refractivity contribution in [1.82, 2.24) is 15.6 Å². The Hall–Kier alpha value is -0.370. The van der Waals surface area contributed by atoms with Gasteiger partial charge in [-0.15, -0.1) is 35.3 Å². The van der Waals surface area contributed by atoms with Crippen molar-refractivity contribution in [2.45, 2.75) is 52.9 Å². The zero-order chi connectivity index (χ0) is 14.6. The zero-order valence-electron chi connectivity index (χ0n) is 13.4. The third kappa shape index (κ3) is 9.29. The van der Waals surface area contributed by atoms with E-state index in [2.05, 4.69) is 41.4 Å². The first-order valence-corrected chi connectivity index (χ1v) is 8.57. The van der Waals surface area contributed by atoms with Crippen LogP contribution in [0.4, 0.5) is 0 Å². The van der Waals surface area contributed by atoms with Crippen LogP contribution in [0.3, 0.4) is 0 Å². The van der Waals surface area contributed by atoms with Gasteiger partial charge in [0.25, 0.3) is 0 Å². The minimum absolute atomic E-state index is 0. The van der Waals surface area contributed by atoms with Gasteiger partial charge in [-0.3, -0.25) is 4.99 Å². The molecule has 1 aromatic rings. The van der Waals surface area contributed by atoms with Crippen molar-refractivity contribution in [3.05, 3.63) is 16.1 Å². The Bertz CT molecular complexity index is 393. The van der Waals surface area contributed by atoms with Crippen molar-refractivity contribution in [1.29, 1.82) is 0 Å². The fourth-order valence-corrected chi connectivity index (χ4v) is 2.67. The number of hydrogen-bond donors (Lipinski definition) is 2. The van der Waals surface area contributed by atoms with E-state index < -0.39 is 0 Å². The molecule has 6 heteroatoms. The van der Waals surface area contributed by atoms with Crippen LogP contribution in [-0.2, 0) is 12.8 Å². The molecule has 4 nitrogen and oxygen atoms in total. The number of guanidine groups is 1. The molecule has 0 saturated carbocycles. The Balaban J connectivity index is 0.00000400. The molecule has 122 valence electrons. The van der Waals surface area contributed by atoms with Gasteiger partial charge >= 0.3 is 0 Å². The third-order valence-corrected chi connectivity index (χ3v) is 4.16. The lowest BCUT2D eigenvalue weighted by Gasteiger charge is -2.10. The molecule has 0 atom stereocenters. The van der Waals surface area contributed by atoms with Crippen LogP contribution in [-0.4, -0.2) is 30.6 Å². The molecule has 21 heavy (non-hydrogen) atoms. The monoisotopic (exact) mass is 424 g/mol. The van der Waals surface area contributed by atoms with E-state index in [4.69, 9.17) is 0 Å². The average molecular weight is 424 g/mol. The summed E-state index contributed by atoms with van der Waals surface area (Å²) in [7, 11) is 0. The van der Waals surface area contributed by atoms with Gasteiger partial charge in [-0.1, -0.05) is 26.7 Å². The highest BCUT2D eigenvalue weighted by molar-refractivity contribution is 14.0. The molecule has 0 aliphatic carbocycles. The molecule has 0 fully saturated rings. The predicted molar refractivity (Wildman–Crippen MR) is 104 cm³/mol. The number of aryl methyl sites for hydroxylation is 1. The summed E-state index contributed by atoms with van der Waals surface area (Å²) < 4.78 is 0. The molecule has 0 bridgehead atoms. The molecule has 0 saturated heterocycles. The van der Waals surface area contributed by atoms with E-state index in [9.17, 15) is 0 Å². The van der Waals surface area contributed by atoms with E-state index in [0.717, 1.165) is 38.4 Å². The third-order valence-electron chi connectivity index (χ3n) is 2.96. The van der Waals surface area contributed by atoms with E-state index in [1.807, 2.05) is 17.5 Å². The normalized spacial score (nSPS) is 11.1. The summed E-state index contributed by atoms with van der Waals surface area (Å²) in [6.45, 7) is 9.17. The second-order valence-corrected chi connectivity index (χ2v) is 5.92. The van der Waals surface area contributed by atoms with Gasteiger partial charge in [0.2, 0.25) is 0 Å². The first-order chi connectivity index (χ1) is 9.80. The number of aromatic nitrogens is 1. The van der Waals surface area contributed by atoms with Crippen molar-refractivity contribution in [2.24, 2.45) is 4.99 Å². The number of nitrogens with zero attached hydrogens (tertiary/aromatic N) is 2. The molecule has 0 aliphatic heterocycles. The van der Waals surface area contributed by atoms with Gasteiger partial charge in [-0.2, -0.15) is 0 Å². The maximum Gasteiger partial charge on any atom is 0.191 e. The maximum atomic E-state index is 4.58. The summed E-state index contributed by atoms with van der Waals surface area (Å²) in [6, 6.07) is 0. The highest BCUT2D eigenvalue weighted by atomic mass is 127. The minimum atomic E-state index is 0. The molecule has 0 amide bonds. The van der Waals surface area contributed by atoms with Crippen LogP contribution in [0.2, 0.25) is 0 Å². The number of rotatable bonds is 9. The number of thiazole rings is 1. The molecule has 1 aromatic heterocycles. The Morgan fingerprint density at radius 1 is 1.24 bits per heavy atom. The lowest BCUT2D eigenvalue weighted by molar-refractivity contribution is 0.716. The second kappa shape index (κ2) is 13.3. The zero-order valence-corrected chi connectivity index (χ0v) is 16.6. The van der Waals surface area contributed by atoms with Crippen molar-refractivity contribution >= 4 is 41.3 Å². The molecule has 0 aromatic carbocycles. The molecule has 1 rings (SSSR count). The first-order valence-electron chi connectivity index (χ1n) is 7.75. The fraction of sp³-hybridized carbons (Fsp3) is 0.733. The Labute approximate surface area is 150 Å². The molecular formula is C15H29IN4S. The molecule has 0 aliphatic rings. The largest absolute Gasteiger partial charge is 0.357 e. The molecular weight excluding hydrogens is 395 g/mol. The minimum Gasteiger partial charge on any atom is -0.357 e. The van der Waals surface area contributed by atoms with Crippen LogP contribution in [0.25, 0.3) is 0 Å². The van der Waals surface area contributed by atoms with Crippen LogP contribution >= 0.6 is 35.3 Å². The van der Waals surface area contributed by atoms with Gasteiger partial charge in [0.05, 0.1) is 5.01 Å². The van der Waals surface area contributed by atoms with Gasteiger partial charge in [0.1, 0.15) is 0 Å². The number of halogens is 1. The Kier molecular flexibility index (Phi) is 13.1. The highest BCUT2D eigenvalue weighted by Crippen LogP contribution is 2.13. The van der Waals surface area contributed by atoms with Crippen LogP contribution in [0.1, 0.15) is 49.9 Å². The molecule has 0 spiro atoms. The topological polar surface area (TPSA) is 49.3 Å². The van der Waals surface area contributed by atoms with Crippen molar-refractivity contribution in [3.63, 3.8) is 0 Å². The van der Waals surface area contributed by atoms with Crippen LogP contribution in [0, 0.1) is 0 Å². The van der Waals surface area contributed by atoms with Crippen LogP contribution < -0.4 is 10.6 Å². The molecule has 2 N–H and O–H groups in total. The Morgan fingerprint density at radius 3 is 2.67 bits per heavy atom. The van der Waals surface area contributed by atoms with E-state index in [1.54, 1.807) is 0 Å². The number of aliphatic imine (C=N–C) groups is 1. The Morgan fingerprint density at radius 2 is 2.05 bits per heavy atom. The van der Waals surface area contributed by atoms with Crippen molar-refractivity contribution in [3.8, 4) is 0 Å². The van der Waals surface area contributed by atoms with Gasteiger partial charge in [-0.05, 0) is 19.8 Å². The predicted octanol–water partition coefficient (Wildman–Crippen LogP) is 3.61. The summed E-state index contributed by atoms with van der Waals surface area (Å²) in [5, 5.41) is 7.87. The van der Waals surface area contributed by atoms with Gasteiger partial charge in [0.15, 0.2) is 5.96 Å². The SMILES string of the molecule is CCCCCN=C(NCC)NCCc1ncc(CC)s1.I. The van der Waals surface area contributed by atoms with Crippen LogP contribution in [0.5, 0.6) is 0 Å². The fourth-order valence-electron chi connectivity index (χ4n) is 1.81. The van der Waals surface area contributed by atoms with Gasteiger partial charge < -0.3 is 10.6 Å². The standard InChI is InChI=1S/C15H28N4S.HI/c1-4-7-8-10-17-15(16-6-3)18-11-9-14-19-12-13(5-2)20-14;/h12H,4-11H2,1-3H3,(H2,16,17,18);1H. The number of nitrogens with one attached hydrogen (secondary N) is 2. The van der Waals surface area contributed by atoms with E-state index in [-0.39, 0.29) is 24.0 Å². The lowest BCUT2D eigenvalue weighted by atomic mass is 10.2. The summed E-state index contributed by atoms with van der Waals surface area (Å²) in [4.78, 5) is 10.4. The molecule has 0 unspecified atom stereocenters. The van der Waals surface area contributed by atoms with Crippen molar-refractivity contribution in [2.75, 3.05) is 19.6 Å². The smallest absolute Gasteiger partial charge is 0.191 e. The summed E-state index contributed by atoms with van der Waals surface area (Å²) >= 11 is 1.81. The van der Waals surface area contributed by atoms with Crippen LogP contribution in [0.15, 0.2) is 11.2 Å². The van der Waals surface area contributed by atoms with Gasteiger partial charge in [-0.25, -0.2) is 4.98 Å². The first kappa shape index (κ1) is 20.6. The van der Waals surface area contributed by atoms with E-state index in [1.165, 1.54) is 29.1 Å². The summed E-state index contributed by atoms with van der Waals surface area (Å²) in [6.07, 6.45) is 7.69. The summed E-state index contributed by atoms with van der Waals surface area (Å²) in [5.41, 5.74) is 0. The van der Waals surface area contributed by atoms with E-state index in [0.29, 0.717) is 0 Å². The molecule has 1 heterocycles. The second-order valence-electron chi connectivity index (χ2n) is 4.72. The maximum absolute atomic E-state index is 4.58. The van der Waals surface area contributed by atoms with Gasteiger partial charge in [0, 0.05) is 37.1 Å². The lowest BCUT2D eigenvalue weighted by Crippen LogP contribution is -2.38. The molecule has 0 radical (unpaired) electrons. The number of hydrogen-bond acceptors (Lipinski definition) is 3. The average Bonchev–Trinajstić information content (AvgIpc) is 2.91. The quantitative estimate of drug-likeness (QED) is 0.276. The summed E-state index contributed by atoms with van der Waals surface area (Å²) in [5.74, 6) is 0.927. The number of unbranched alkanes of at least 4 members (excludes halogenated alkanes) is 2.